The minimum atomic E-state index is 0. The number of aliphatic imine (C=N–C) groups is 1. The van der Waals surface area contributed by atoms with Crippen LogP contribution in [0.2, 0.25) is 0 Å². The first kappa shape index (κ1) is 26.8. The van der Waals surface area contributed by atoms with Crippen molar-refractivity contribution >= 4 is 35.6 Å². The van der Waals surface area contributed by atoms with E-state index < -0.39 is 0 Å². The molecule has 8 nitrogen and oxygen atoms in total. The molecule has 2 aliphatic heterocycles. The van der Waals surface area contributed by atoms with Crippen molar-refractivity contribution in [2.75, 3.05) is 79.0 Å². The molecule has 0 spiro atoms. The van der Waals surface area contributed by atoms with E-state index in [2.05, 4.69) is 56.4 Å². The predicted octanol–water partition coefficient (Wildman–Crippen LogP) is 2.09. The van der Waals surface area contributed by atoms with Crippen LogP contribution in [0.15, 0.2) is 23.2 Å². The van der Waals surface area contributed by atoms with Crippen molar-refractivity contribution in [2.24, 2.45) is 4.99 Å². The Balaban J connectivity index is 0.00000363. The Kier molecular flexibility index (Phi) is 11.1. The number of likely N-dealkylation sites (N-methyl/N-ethyl adjacent to an activating group) is 1. The summed E-state index contributed by atoms with van der Waals surface area (Å²) in [5, 5.41) is 7.16. The molecule has 182 valence electrons. The van der Waals surface area contributed by atoms with Crippen molar-refractivity contribution in [3.05, 3.63) is 18.2 Å². The van der Waals surface area contributed by atoms with Gasteiger partial charge in [0.15, 0.2) is 5.96 Å². The monoisotopic (exact) mass is 560 g/mol. The summed E-state index contributed by atoms with van der Waals surface area (Å²) < 4.78 is 10.8. The highest BCUT2D eigenvalue weighted by atomic mass is 127. The van der Waals surface area contributed by atoms with E-state index in [1.165, 1.54) is 0 Å². The molecule has 1 aromatic carbocycles. The molecular formula is C23H41IN6O2. The molecule has 2 aliphatic rings. The zero-order chi connectivity index (χ0) is 22.2. The quantitative estimate of drug-likeness (QED) is 0.301. The molecule has 32 heavy (non-hydrogen) atoms. The van der Waals surface area contributed by atoms with E-state index in [1.54, 1.807) is 14.2 Å². The summed E-state index contributed by atoms with van der Waals surface area (Å²) in [4.78, 5) is 11.8. The Hall–Kier alpha value is -1.46. The van der Waals surface area contributed by atoms with Gasteiger partial charge in [-0.3, -0.25) is 9.89 Å². The van der Waals surface area contributed by atoms with Crippen LogP contribution in [0, 0.1) is 0 Å². The maximum absolute atomic E-state index is 5.42. The van der Waals surface area contributed by atoms with Crippen LogP contribution in [0.3, 0.4) is 0 Å². The number of methoxy groups -OCH3 is 2. The molecule has 1 aromatic rings. The van der Waals surface area contributed by atoms with Gasteiger partial charge in [0, 0.05) is 88.8 Å². The van der Waals surface area contributed by atoms with Crippen LogP contribution in [0.1, 0.15) is 19.8 Å². The third-order valence-electron chi connectivity index (χ3n) is 6.49. The molecule has 1 atom stereocenters. The van der Waals surface area contributed by atoms with Crippen molar-refractivity contribution in [3.63, 3.8) is 0 Å². The van der Waals surface area contributed by atoms with E-state index in [1.807, 2.05) is 13.1 Å². The molecule has 0 amide bonds. The highest BCUT2D eigenvalue weighted by Gasteiger charge is 2.22. The Bertz CT molecular complexity index is 696. The number of piperidine rings is 1. The Morgan fingerprint density at radius 1 is 1.03 bits per heavy atom. The van der Waals surface area contributed by atoms with Crippen LogP contribution in [0.25, 0.3) is 0 Å². The highest BCUT2D eigenvalue weighted by molar-refractivity contribution is 14.0. The van der Waals surface area contributed by atoms with Gasteiger partial charge in [-0.2, -0.15) is 0 Å². The zero-order valence-electron chi connectivity index (χ0n) is 20.3. The number of hydrogen-bond acceptors (Lipinski definition) is 6. The lowest BCUT2D eigenvalue weighted by Gasteiger charge is -2.37. The molecule has 2 fully saturated rings. The summed E-state index contributed by atoms with van der Waals surface area (Å²) >= 11 is 0. The SMILES string of the molecule is CN=C(NCC(C)N1CCN(C)CC1)NC1CCN(c2cc(OC)cc(OC)c2)CC1.I. The maximum Gasteiger partial charge on any atom is 0.191 e. The fourth-order valence-corrected chi connectivity index (χ4v) is 4.28. The average molecular weight is 561 g/mol. The van der Waals surface area contributed by atoms with Gasteiger partial charge >= 0.3 is 0 Å². The number of hydrogen-bond donors (Lipinski definition) is 2. The summed E-state index contributed by atoms with van der Waals surface area (Å²) in [5.41, 5.74) is 1.15. The summed E-state index contributed by atoms with van der Waals surface area (Å²) in [6.07, 6.45) is 2.13. The fourth-order valence-electron chi connectivity index (χ4n) is 4.28. The Labute approximate surface area is 210 Å². The normalized spacial score (nSPS) is 19.8. The summed E-state index contributed by atoms with van der Waals surface area (Å²) in [5.74, 6) is 2.56. The van der Waals surface area contributed by atoms with E-state index in [0.717, 1.165) is 81.8 Å². The Morgan fingerprint density at radius 2 is 1.62 bits per heavy atom. The number of nitrogens with zero attached hydrogens (tertiary/aromatic N) is 4. The lowest BCUT2D eigenvalue weighted by Crippen LogP contribution is -2.54. The Morgan fingerprint density at radius 3 is 2.16 bits per heavy atom. The van der Waals surface area contributed by atoms with Crippen molar-refractivity contribution in [3.8, 4) is 11.5 Å². The van der Waals surface area contributed by atoms with Gasteiger partial charge in [-0.1, -0.05) is 0 Å². The van der Waals surface area contributed by atoms with E-state index in [-0.39, 0.29) is 24.0 Å². The minimum Gasteiger partial charge on any atom is -0.497 e. The summed E-state index contributed by atoms with van der Waals surface area (Å²) in [6, 6.07) is 7.00. The number of rotatable bonds is 7. The summed E-state index contributed by atoms with van der Waals surface area (Å²) in [6.45, 7) is 9.76. The second-order valence-corrected chi connectivity index (χ2v) is 8.62. The molecule has 0 saturated carbocycles. The largest absolute Gasteiger partial charge is 0.497 e. The zero-order valence-corrected chi connectivity index (χ0v) is 22.6. The molecule has 2 N–H and O–H groups in total. The second-order valence-electron chi connectivity index (χ2n) is 8.62. The molecule has 9 heteroatoms. The minimum absolute atomic E-state index is 0. The van der Waals surface area contributed by atoms with E-state index >= 15 is 0 Å². The number of halogens is 1. The number of piperazine rings is 1. The van der Waals surface area contributed by atoms with E-state index in [0.29, 0.717) is 12.1 Å². The van der Waals surface area contributed by atoms with Crippen LogP contribution in [-0.2, 0) is 0 Å². The topological polar surface area (TPSA) is 64.6 Å². The third-order valence-corrected chi connectivity index (χ3v) is 6.49. The molecule has 1 unspecified atom stereocenters. The van der Waals surface area contributed by atoms with Crippen molar-refractivity contribution < 1.29 is 9.47 Å². The van der Waals surface area contributed by atoms with Crippen LogP contribution in [0.4, 0.5) is 5.69 Å². The fraction of sp³-hybridized carbons (Fsp3) is 0.696. The lowest BCUT2D eigenvalue weighted by molar-refractivity contribution is 0.120. The average Bonchev–Trinajstić information content (AvgIpc) is 2.81. The van der Waals surface area contributed by atoms with Crippen LogP contribution in [0.5, 0.6) is 11.5 Å². The van der Waals surface area contributed by atoms with Crippen molar-refractivity contribution in [1.29, 1.82) is 0 Å². The van der Waals surface area contributed by atoms with Crippen LogP contribution in [-0.4, -0.2) is 102 Å². The molecule has 0 aliphatic carbocycles. The molecule has 2 saturated heterocycles. The molecule has 0 bridgehead atoms. The van der Waals surface area contributed by atoms with Crippen LogP contribution < -0.4 is 25.0 Å². The van der Waals surface area contributed by atoms with E-state index in [9.17, 15) is 0 Å². The summed E-state index contributed by atoms with van der Waals surface area (Å²) in [7, 11) is 7.44. The van der Waals surface area contributed by atoms with Gasteiger partial charge in [-0.15, -0.1) is 24.0 Å². The van der Waals surface area contributed by atoms with E-state index in [4.69, 9.17) is 9.47 Å². The first-order chi connectivity index (χ1) is 15.0. The number of benzene rings is 1. The van der Waals surface area contributed by atoms with Gasteiger partial charge in [0.2, 0.25) is 0 Å². The highest BCUT2D eigenvalue weighted by Crippen LogP contribution is 2.30. The van der Waals surface area contributed by atoms with Crippen molar-refractivity contribution in [2.45, 2.75) is 31.8 Å². The molecule has 0 aromatic heterocycles. The lowest BCUT2D eigenvalue weighted by atomic mass is 10.0. The van der Waals surface area contributed by atoms with Gasteiger partial charge in [0.25, 0.3) is 0 Å². The van der Waals surface area contributed by atoms with Gasteiger partial charge in [-0.25, -0.2) is 0 Å². The van der Waals surface area contributed by atoms with Crippen LogP contribution >= 0.6 is 24.0 Å². The molecule has 2 heterocycles. The second kappa shape index (κ2) is 13.3. The van der Waals surface area contributed by atoms with Crippen molar-refractivity contribution in [1.82, 2.24) is 20.4 Å². The van der Waals surface area contributed by atoms with Gasteiger partial charge in [0.05, 0.1) is 14.2 Å². The van der Waals surface area contributed by atoms with Gasteiger partial charge < -0.3 is 29.9 Å². The smallest absolute Gasteiger partial charge is 0.191 e. The molecule has 0 radical (unpaired) electrons. The number of ether oxygens (including phenoxy) is 2. The maximum atomic E-state index is 5.42. The first-order valence-electron chi connectivity index (χ1n) is 11.4. The number of guanidine groups is 1. The number of anilines is 1. The first-order valence-corrected chi connectivity index (χ1v) is 11.4. The van der Waals surface area contributed by atoms with Gasteiger partial charge in [0.1, 0.15) is 11.5 Å². The third kappa shape index (κ3) is 7.55. The molecular weight excluding hydrogens is 519 g/mol. The number of nitrogens with one attached hydrogen (secondary N) is 2. The standard InChI is InChI=1S/C23H40N6O2.HI/c1-18(28-12-10-27(3)11-13-28)17-25-23(24-2)26-19-6-8-29(9-7-19)20-14-21(30-4)16-22(15-20)31-5;/h14-16,18-19H,6-13,17H2,1-5H3,(H2,24,25,26);1H. The molecule has 3 rings (SSSR count). The van der Waals surface area contributed by atoms with Gasteiger partial charge in [-0.05, 0) is 26.8 Å². The predicted molar refractivity (Wildman–Crippen MR) is 143 cm³/mol.